The van der Waals surface area contributed by atoms with Gasteiger partial charge in [-0.1, -0.05) is 0 Å². The van der Waals surface area contributed by atoms with Crippen molar-refractivity contribution in [3.05, 3.63) is 118 Å². The predicted molar refractivity (Wildman–Crippen MR) is 226 cm³/mol. The van der Waals surface area contributed by atoms with Crippen molar-refractivity contribution in [2.75, 3.05) is 38.6 Å². The molecule has 0 bridgehead atoms. The van der Waals surface area contributed by atoms with Gasteiger partial charge in [-0.2, -0.15) is 0 Å². The van der Waals surface area contributed by atoms with Crippen LogP contribution in [0, 0.1) is 0 Å². The second kappa shape index (κ2) is 12.9. The Bertz CT molecular complexity index is 1920. The van der Waals surface area contributed by atoms with Crippen molar-refractivity contribution in [2.45, 2.75) is 44.0 Å². The second-order valence-electron chi connectivity index (χ2n) is 14.8. The quantitative estimate of drug-likeness (QED) is 0.110. The van der Waals surface area contributed by atoms with E-state index in [1.165, 1.54) is 9.79 Å². The summed E-state index contributed by atoms with van der Waals surface area (Å²) < 4.78 is 9.78. The number of fused-ring (bicyclic) bond motifs is 2. The van der Waals surface area contributed by atoms with Crippen molar-refractivity contribution in [2.24, 2.45) is 0 Å². The summed E-state index contributed by atoms with van der Waals surface area (Å²) in [4.78, 5) is 2.54. The van der Waals surface area contributed by atoms with Crippen LogP contribution in [0.25, 0.3) is 34.4 Å². The number of rotatable bonds is 11. The monoisotopic (exact) mass is 881 g/mol. The van der Waals surface area contributed by atoms with Crippen molar-refractivity contribution < 1.29 is 19.7 Å². The minimum absolute atomic E-state index is 0.0147. The van der Waals surface area contributed by atoms with Crippen LogP contribution in [0.2, 0.25) is 13.1 Å². The third-order valence-corrected chi connectivity index (χ3v) is 97.1. The van der Waals surface area contributed by atoms with Crippen molar-refractivity contribution in [1.29, 1.82) is 0 Å². The van der Waals surface area contributed by atoms with Crippen LogP contribution in [-0.4, -0.2) is 44.5 Å². The van der Waals surface area contributed by atoms with Gasteiger partial charge in [0.2, 0.25) is 0 Å². The van der Waals surface area contributed by atoms with Gasteiger partial charge in [-0.05, 0) is 0 Å². The fourth-order valence-electron chi connectivity index (χ4n) is 8.71. The van der Waals surface area contributed by atoms with E-state index < -0.39 is 23.4 Å². The zero-order valence-corrected chi connectivity index (χ0v) is 38.3. The summed E-state index contributed by atoms with van der Waals surface area (Å²) in [5.41, 5.74) is 10.8. The van der Waals surface area contributed by atoms with E-state index in [9.17, 15) is 0 Å². The normalized spacial score (nSPS) is 20.5. The fourth-order valence-corrected chi connectivity index (χ4v) is 53.5. The van der Waals surface area contributed by atoms with Crippen molar-refractivity contribution >= 4 is 73.9 Å². The zero-order valence-electron chi connectivity index (χ0n) is 30.0. The summed E-state index contributed by atoms with van der Waals surface area (Å²) in [6.45, 7) is 8.55. The first-order valence-electron chi connectivity index (χ1n) is 16.9. The first kappa shape index (κ1) is 38.9. The Morgan fingerprint density at radius 3 is 1.28 bits per heavy atom. The van der Waals surface area contributed by atoms with E-state index in [-0.39, 0.29) is 21.8 Å². The molecular weight excluding hydrogens is 838 g/mol. The molecule has 0 saturated carbocycles. The average Bonchev–Trinajstić information content (AvgIpc) is 3.62. The molecule has 265 valence electrons. The minimum atomic E-state index is -7.06. The first-order chi connectivity index (χ1) is 23.4. The van der Waals surface area contributed by atoms with Crippen molar-refractivity contribution in [3.8, 4) is 22.3 Å². The summed E-state index contributed by atoms with van der Waals surface area (Å²) in [5.74, 6) is -0.916. The van der Waals surface area contributed by atoms with Crippen molar-refractivity contribution in [3.63, 3.8) is 0 Å². The molecule has 6 rings (SSSR count). The molecule has 2 aliphatic carbocycles. The molecule has 0 spiro atoms. The van der Waals surface area contributed by atoms with E-state index in [1.807, 2.05) is 0 Å². The maximum absolute atomic E-state index is 8.51. The Balaban J connectivity index is 1.50. The summed E-state index contributed by atoms with van der Waals surface area (Å²) in [6, 6.07) is 30.4. The van der Waals surface area contributed by atoms with Gasteiger partial charge in [-0.25, -0.2) is 0 Å². The molecule has 4 atom stereocenters. The molecule has 2 nitrogen and oxygen atoms in total. The fraction of sp³-hybridized carbons (Fsp3) is 0.300. The molecule has 0 heterocycles. The molecule has 0 N–H and O–H groups in total. The molecule has 0 saturated heterocycles. The number of allylic oxidation sites excluding steroid dienone is 2. The Morgan fingerprint density at radius 1 is 0.600 bits per heavy atom. The first-order valence-corrected chi connectivity index (χ1v) is 43.2. The Hall–Kier alpha value is -0.760. The molecule has 0 amide bonds. The van der Waals surface area contributed by atoms with Gasteiger partial charge >= 0.3 is 317 Å². The van der Waals surface area contributed by atoms with Crippen LogP contribution in [-0.2, 0) is 41.5 Å². The van der Waals surface area contributed by atoms with Gasteiger partial charge in [-0.3, -0.25) is 0 Å². The van der Waals surface area contributed by atoms with E-state index >= 15 is 0 Å². The molecular formula is C40H47Cl4O2S2SiZr+2. The number of methoxy groups -OCH3 is 2. The number of benzene rings is 4. The number of hydrogen-bond donors (Lipinski definition) is 0. The molecule has 2 aliphatic rings. The van der Waals surface area contributed by atoms with E-state index in [2.05, 4.69) is 137 Å². The SMILES string of the molecule is COC[S+](C)c1ccc(-c2cccc3c2C=C(C)[CH]3[Zr]([Cl])([Cl])([Cl])([Cl])([CH]2C(C)=Cc3c(-c4ccc([S+](C)COC)cc4)cccc32)[SiH](C)C)cc1. The molecule has 0 aromatic heterocycles. The van der Waals surface area contributed by atoms with E-state index in [0.717, 1.165) is 55.7 Å². The molecule has 0 fully saturated rings. The van der Waals surface area contributed by atoms with Crippen molar-refractivity contribution in [1.82, 2.24) is 0 Å². The Morgan fingerprint density at radius 2 is 0.960 bits per heavy atom. The van der Waals surface area contributed by atoms with Gasteiger partial charge < -0.3 is 0 Å². The van der Waals surface area contributed by atoms with Gasteiger partial charge in [0.15, 0.2) is 0 Å². The molecule has 50 heavy (non-hydrogen) atoms. The van der Waals surface area contributed by atoms with Gasteiger partial charge in [0.05, 0.1) is 0 Å². The van der Waals surface area contributed by atoms with E-state index in [4.69, 9.17) is 43.5 Å². The van der Waals surface area contributed by atoms with Gasteiger partial charge in [0, 0.05) is 0 Å². The second-order valence-corrected chi connectivity index (χ2v) is 98.6. The summed E-state index contributed by atoms with van der Waals surface area (Å²) >= 11 is 0. The standard InChI is InChI=1S/2C19H20OS.C2H7Si.4ClH.Zr/c2*1-14-11-16-5-4-6-18(19(16)12-14)15-7-9-17(10-8-15)21(3)13-20-2;1-3-2;;;;;/h2*4-12H,13H2,1-3H3;3H,1-2H3;4*1H;/q2*+1;;;;;;+4/p-4. The number of halogens is 4. The van der Waals surface area contributed by atoms with Gasteiger partial charge in [0.25, 0.3) is 0 Å². The predicted octanol–water partition coefficient (Wildman–Crippen LogP) is 12.4. The summed E-state index contributed by atoms with van der Waals surface area (Å²) in [6.07, 6.45) is 8.88. The topological polar surface area (TPSA) is 18.5 Å². The molecule has 4 aromatic carbocycles. The van der Waals surface area contributed by atoms with Crippen LogP contribution in [0.3, 0.4) is 0 Å². The number of hydrogen-bond acceptors (Lipinski definition) is 2. The van der Waals surface area contributed by atoms with Crippen LogP contribution in [0.15, 0.2) is 106 Å². The third-order valence-electron chi connectivity index (χ3n) is 11.4. The summed E-state index contributed by atoms with van der Waals surface area (Å²) in [5, 5.41) is 0. The summed E-state index contributed by atoms with van der Waals surface area (Å²) in [7, 11) is 30.5. The third kappa shape index (κ3) is 6.05. The van der Waals surface area contributed by atoms with Crippen LogP contribution in [0.4, 0.5) is 0 Å². The molecule has 0 radical (unpaired) electrons. The van der Waals surface area contributed by atoms with Gasteiger partial charge in [-0.15, -0.1) is 0 Å². The van der Waals surface area contributed by atoms with Crippen LogP contribution in [0.5, 0.6) is 0 Å². The zero-order chi connectivity index (χ0) is 36.3. The molecule has 4 aromatic rings. The molecule has 4 unspecified atom stereocenters. The van der Waals surface area contributed by atoms with E-state index in [1.54, 1.807) is 14.2 Å². The maximum atomic E-state index is 8.51. The van der Waals surface area contributed by atoms with Crippen LogP contribution >= 0.6 is 34.1 Å². The Labute approximate surface area is 313 Å². The van der Waals surface area contributed by atoms with Crippen LogP contribution in [0.1, 0.15) is 43.4 Å². The van der Waals surface area contributed by atoms with E-state index in [0.29, 0.717) is 11.9 Å². The van der Waals surface area contributed by atoms with Gasteiger partial charge in [0.1, 0.15) is 0 Å². The average molecular weight is 885 g/mol. The molecule has 0 aliphatic heterocycles. The Kier molecular flexibility index (Phi) is 10.1. The van der Waals surface area contributed by atoms with Crippen LogP contribution < -0.4 is 0 Å². The molecule has 10 heteroatoms. The number of ether oxygens (including phenoxy) is 2.